The Hall–Kier alpha value is -1.58. The van der Waals surface area contributed by atoms with Crippen LogP contribution in [0.15, 0.2) is 24.3 Å². The number of likely N-dealkylation sites (tertiary alicyclic amines) is 1. The minimum absolute atomic E-state index is 0.0116. The Balaban J connectivity index is 2.10. The lowest BCUT2D eigenvalue weighted by Gasteiger charge is -2.25. The van der Waals surface area contributed by atoms with Gasteiger partial charge in [0, 0.05) is 13.1 Å². The first-order chi connectivity index (χ1) is 8.72. The highest BCUT2D eigenvalue weighted by Gasteiger charge is 2.29. The SMILES string of the molecule is CCCNC(=O)N1CCC[C@@H]1c1cccc(F)c1. The highest BCUT2D eigenvalue weighted by Crippen LogP contribution is 2.31. The van der Waals surface area contributed by atoms with Crippen LogP contribution in [-0.2, 0) is 0 Å². The van der Waals surface area contributed by atoms with Crippen molar-refractivity contribution in [2.24, 2.45) is 0 Å². The van der Waals surface area contributed by atoms with Gasteiger partial charge in [0.05, 0.1) is 6.04 Å². The molecule has 0 unspecified atom stereocenters. The molecule has 18 heavy (non-hydrogen) atoms. The zero-order valence-corrected chi connectivity index (χ0v) is 10.7. The molecule has 1 aliphatic heterocycles. The summed E-state index contributed by atoms with van der Waals surface area (Å²) >= 11 is 0. The molecule has 2 rings (SSSR count). The van der Waals surface area contributed by atoms with E-state index in [0.717, 1.165) is 31.4 Å². The third kappa shape index (κ3) is 2.81. The normalized spacial score (nSPS) is 19.0. The third-order valence-corrected chi connectivity index (χ3v) is 3.27. The molecule has 0 aromatic heterocycles. The molecular formula is C14H19FN2O. The second-order valence-electron chi connectivity index (χ2n) is 4.64. The van der Waals surface area contributed by atoms with E-state index in [1.54, 1.807) is 6.07 Å². The zero-order chi connectivity index (χ0) is 13.0. The zero-order valence-electron chi connectivity index (χ0n) is 10.7. The van der Waals surface area contributed by atoms with Gasteiger partial charge in [0.25, 0.3) is 0 Å². The van der Waals surface area contributed by atoms with Gasteiger partial charge in [0.15, 0.2) is 0 Å². The fourth-order valence-electron chi connectivity index (χ4n) is 2.40. The van der Waals surface area contributed by atoms with Crippen molar-refractivity contribution < 1.29 is 9.18 Å². The summed E-state index contributed by atoms with van der Waals surface area (Å²) in [4.78, 5) is 13.8. The molecule has 0 radical (unpaired) electrons. The van der Waals surface area contributed by atoms with Crippen molar-refractivity contribution in [3.8, 4) is 0 Å². The molecule has 1 atom stereocenters. The van der Waals surface area contributed by atoms with E-state index in [9.17, 15) is 9.18 Å². The highest BCUT2D eigenvalue weighted by atomic mass is 19.1. The number of rotatable bonds is 3. The maximum Gasteiger partial charge on any atom is 0.317 e. The molecule has 1 N–H and O–H groups in total. The van der Waals surface area contributed by atoms with E-state index >= 15 is 0 Å². The van der Waals surface area contributed by atoms with E-state index in [-0.39, 0.29) is 17.9 Å². The molecule has 0 bridgehead atoms. The second-order valence-corrected chi connectivity index (χ2v) is 4.64. The predicted octanol–water partition coefficient (Wildman–Crippen LogP) is 3.08. The number of urea groups is 1. The molecule has 1 saturated heterocycles. The van der Waals surface area contributed by atoms with Crippen LogP contribution in [0.2, 0.25) is 0 Å². The predicted molar refractivity (Wildman–Crippen MR) is 68.8 cm³/mol. The lowest BCUT2D eigenvalue weighted by molar-refractivity contribution is 0.193. The maximum atomic E-state index is 13.2. The Morgan fingerprint density at radius 3 is 3.11 bits per heavy atom. The Kier molecular flexibility index (Phi) is 4.18. The smallest absolute Gasteiger partial charge is 0.317 e. The number of nitrogens with zero attached hydrogens (tertiary/aromatic N) is 1. The summed E-state index contributed by atoms with van der Waals surface area (Å²) in [5, 5.41) is 2.88. The van der Waals surface area contributed by atoms with Crippen LogP contribution >= 0.6 is 0 Å². The molecule has 4 heteroatoms. The van der Waals surface area contributed by atoms with Gasteiger partial charge in [0.1, 0.15) is 5.82 Å². The Morgan fingerprint density at radius 1 is 1.56 bits per heavy atom. The number of amides is 2. The molecule has 1 heterocycles. The van der Waals surface area contributed by atoms with Crippen molar-refractivity contribution in [3.05, 3.63) is 35.6 Å². The summed E-state index contributed by atoms with van der Waals surface area (Å²) in [6.07, 6.45) is 2.80. The van der Waals surface area contributed by atoms with Crippen LogP contribution < -0.4 is 5.32 Å². The van der Waals surface area contributed by atoms with Crippen molar-refractivity contribution in [2.75, 3.05) is 13.1 Å². The number of hydrogen-bond acceptors (Lipinski definition) is 1. The van der Waals surface area contributed by atoms with Gasteiger partial charge in [-0.05, 0) is 37.0 Å². The van der Waals surface area contributed by atoms with Crippen LogP contribution in [0.4, 0.5) is 9.18 Å². The number of benzene rings is 1. The molecule has 0 spiro atoms. The van der Waals surface area contributed by atoms with Gasteiger partial charge in [-0.3, -0.25) is 0 Å². The molecule has 1 aromatic rings. The van der Waals surface area contributed by atoms with E-state index in [0.29, 0.717) is 6.54 Å². The van der Waals surface area contributed by atoms with Crippen LogP contribution in [0.3, 0.4) is 0 Å². The van der Waals surface area contributed by atoms with Crippen LogP contribution in [-0.4, -0.2) is 24.0 Å². The quantitative estimate of drug-likeness (QED) is 0.878. The Labute approximate surface area is 107 Å². The maximum absolute atomic E-state index is 13.2. The fourth-order valence-corrected chi connectivity index (χ4v) is 2.40. The summed E-state index contributed by atoms with van der Waals surface area (Å²) in [7, 11) is 0. The van der Waals surface area contributed by atoms with Gasteiger partial charge >= 0.3 is 6.03 Å². The van der Waals surface area contributed by atoms with Gasteiger partial charge < -0.3 is 10.2 Å². The standard InChI is InChI=1S/C14H19FN2O/c1-2-8-16-14(18)17-9-4-7-13(17)11-5-3-6-12(15)10-11/h3,5-6,10,13H,2,4,7-9H2,1H3,(H,16,18)/t13-/m1/s1. The number of hydrogen-bond donors (Lipinski definition) is 1. The first kappa shape index (κ1) is 12.9. The highest BCUT2D eigenvalue weighted by molar-refractivity contribution is 5.75. The molecule has 98 valence electrons. The van der Waals surface area contributed by atoms with Gasteiger partial charge in [-0.1, -0.05) is 19.1 Å². The van der Waals surface area contributed by atoms with Crippen LogP contribution in [0.1, 0.15) is 37.8 Å². The average molecular weight is 250 g/mol. The van der Waals surface area contributed by atoms with Crippen molar-refractivity contribution in [2.45, 2.75) is 32.2 Å². The summed E-state index contributed by atoms with van der Waals surface area (Å²) in [6.45, 7) is 3.45. The van der Waals surface area contributed by atoms with Crippen molar-refractivity contribution in [1.82, 2.24) is 10.2 Å². The molecule has 0 saturated carbocycles. The van der Waals surface area contributed by atoms with E-state index < -0.39 is 0 Å². The summed E-state index contributed by atoms with van der Waals surface area (Å²) in [6, 6.07) is 6.52. The minimum Gasteiger partial charge on any atom is -0.338 e. The molecule has 0 aliphatic carbocycles. The summed E-state index contributed by atoms with van der Waals surface area (Å²) in [5.74, 6) is -0.242. The van der Waals surface area contributed by atoms with E-state index in [4.69, 9.17) is 0 Å². The van der Waals surface area contributed by atoms with Crippen molar-refractivity contribution >= 4 is 6.03 Å². The molecule has 1 aromatic carbocycles. The first-order valence-corrected chi connectivity index (χ1v) is 6.52. The molecule has 1 fully saturated rings. The topological polar surface area (TPSA) is 32.3 Å². The molecule has 3 nitrogen and oxygen atoms in total. The summed E-state index contributed by atoms with van der Waals surface area (Å²) < 4.78 is 13.2. The summed E-state index contributed by atoms with van der Waals surface area (Å²) in [5.41, 5.74) is 0.888. The van der Waals surface area contributed by atoms with Gasteiger partial charge in [-0.2, -0.15) is 0 Å². The fraction of sp³-hybridized carbons (Fsp3) is 0.500. The Bertz CT molecular complexity index is 422. The number of carbonyl (C=O) groups is 1. The largest absolute Gasteiger partial charge is 0.338 e. The van der Waals surface area contributed by atoms with Gasteiger partial charge in [0.2, 0.25) is 0 Å². The average Bonchev–Trinajstić information content (AvgIpc) is 2.85. The van der Waals surface area contributed by atoms with Crippen molar-refractivity contribution in [1.29, 1.82) is 0 Å². The van der Waals surface area contributed by atoms with Crippen LogP contribution in [0, 0.1) is 5.82 Å². The molecule has 2 amide bonds. The molecular weight excluding hydrogens is 231 g/mol. The monoisotopic (exact) mass is 250 g/mol. The number of halogens is 1. The third-order valence-electron chi connectivity index (χ3n) is 3.27. The van der Waals surface area contributed by atoms with Crippen LogP contribution in [0.25, 0.3) is 0 Å². The lowest BCUT2D eigenvalue weighted by atomic mass is 10.0. The second kappa shape index (κ2) is 5.85. The first-order valence-electron chi connectivity index (χ1n) is 6.52. The number of carbonyl (C=O) groups excluding carboxylic acids is 1. The van der Waals surface area contributed by atoms with Crippen molar-refractivity contribution in [3.63, 3.8) is 0 Å². The lowest BCUT2D eigenvalue weighted by Crippen LogP contribution is -2.39. The van der Waals surface area contributed by atoms with Crippen LogP contribution in [0.5, 0.6) is 0 Å². The van der Waals surface area contributed by atoms with E-state index in [1.807, 2.05) is 17.9 Å². The molecule has 1 aliphatic rings. The minimum atomic E-state index is -0.242. The number of nitrogens with one attached hydrogen (secondary N) is 1. The Morgan fingerprint density at radius 2 is 2.39 bits per heavy atom. The van der Waals surface area contributed by atoms with E-state index in [1.165, 1.54) is 12.1 Å². The van der Waals surface area contributed by atoms with Gasteiger partial charge in [-0.25, -0.2) is 9.18 Å². The van der Waals surface area contributed by atoms with E-state index in [2.05, 4.69) is 5.32 Å². The van der Waals surface area contributed by atoms with Gasteiger partial charge in [-0.15, -0.1) is 0 Å².